The predicted octanol–water partition coefficient (Wildman–Crippen LogP) is 2.41. The van der Waals surface area contributed by atoms with E-state index >= 15 is 0 Å². The van der Waals surface area contributed by atoms with E-state index in [1.807, 2.05) is 28.8 Å². The molecule has 0 saturated heterocycles. The van der Waals surface area contributed by atoms with E-state index in [4.69, 9.17) is 4.74 Å². The monoisotopic (exact) mass is 502 g/mol. The molecule has 28 heavy (non-hydrogen) atoms. The highest BCUT2D eigenvalue weighted by Crippen LogP contribution is 2.17. The molecule has 0 fully saturated rings. The summed E-state index contributed by atoms with van der Waals surface area (Å²) in [4.78, 5) is 4.12. The molecular formula is C18H21F2IN6O. The number of aliphatic imine (C=N–C) groups is 1. The minimum absolute atomic E-state index is 0. The Morgan fingerprint density at radius 3 is 2.75 bits per heavy atom. The summed E-state index contributed by atoms with van der Waals surface area (Å²) in [5, 5.41) is 14.5. The van der Waals surface area contributed by atoms with Crippen LogP contribution >= 0.6 is 24.0 Å². The van der Waals surface area contributed by atoms with Gasteiger partial charge in [0.15, 0.2) is 23.2 Å². The van der Waals surface area contributed by atoms with Crippen LogP contribution in [0, 0.1) is 11.6 Å². The summed E-state index contributed by atoms with van der Waals surface area (Å²) in [5.41, 5.74) is 0.806. The molecule has 0 atom stereocenters. The van der Waals surface area contributed by atoms with Crippen LogP contribution in [0.4, 0.5) is 8.78 Å². The van der Waals surface area contributed by atoms with E-state index in [2.05, 4.69) is 25.8 Å². The molecule has 0 radical (unpaired) electrons. The molecule has 150 valence electrons. The summed E-state index contributed by atoms with van der Waals surface area (Å²) >= 11 is 0. The van der Waals surface area contributed by atoms with E-state index in [9.17, 15) is 8.78 Å². The van der Waals surface area contributed by atoms with E-state index in [1.165, 1.54) is 6.07 Å². The van der Waals surface area contributed by atoms with Gasteiger partial charge in [0.2, 0.25) is 0 Å². The highest BCUT2D eigenvalue weighted by molar-refractivity contribution is 14.0. The number of fused-ring (bicyclic) bond motifs is 1. The van der Waals surface area contributed by atoms with Crippen LogP contribution < -0.4 is 15.4 Å². The second-order valence-electron chi connectivity index (χ2n) is 5.64. The number of hydrogen-bond donors (Lipinski definition) is 2. The molecule has 0 unspecified atom stereocenters. The van der Waals surface area contributed by atoms with Crippen LogP contribution in [0.3, 0.4) is 0 Å². The fraction of sp³-hybridized carbons (Fsp3) is 0.278. The van der Waals surface area contributed by atoms with Gasteiger partial charge in [-0.1, -0.05) is 6.07 Å². The zero-order valence-electron chi connectivity index (χ0n) is 15.2. The van der Waals surface area contributed by atoms with Gasteiger partial charge in [0.1, 0.15) is 18.2 Å². The van der Waals surface area contributed by atoms with Gasteiger partial charge in [-0.15, -0.1) is 34.2 Å². The maximum atomic E-state index is 13.5. The number of benzene rings is 1. The summed E-state index contributed by atoms with van der Waals surface area (Å²) in [6.07, 6.45) is 2.59. The van der Waals surface area contributed by atoms with E-state index in [0.717, 1.165) is 23.6 Å². The number of halogens is 3. The van der Waals surface area contributed by atoms with E-state index in [1.54, 1.807) is 7.05 Å². The fourth-order valence-electron chi connectivity index (χ4n) is 2.50. The summed E-state index contributed by atoms with van der Waals surface area (Å²) in [6.45, 7) is 1.23. The van der Waals surface area contributed by atoms with Crippen molar-refractivity contribution in [1.82, 2.24) is 25.2 Å². The average molecular weight is 502 g/mol. The lowest BCUT2D eigenvalue weighted by atomic mass is 10.3. The largest absolute Gasteiger partial charge is 0.489 e. The van der Waals surface area contributed by atoms with Gasteiger partial charge in [0.05, 0.1) is 6.54 Å². The third-order valence-electron chi connectivity index (χ3n) is 3.79. The van der Waals surface area contributed by atoms with Crippen molar-refractivity contribution in [2.75, 3.05) is 26.7 Å². The van der Waals surface area contributed by atoms with Gasteiger partial charge < -0.3 is 15.4 Å². The van der Waals surface area contributed by atoms with Crippen LogP contribution in [-0.4, -0.2) is 47.3 Å². The lowest BCUT2D eigenvalue weighted by molar-refractivity contribution is 0.304. The topological polar surface area (TPSA) is 75.8 Å². The van der Waals surface area contributed by atoms with Crippen LogP contribution in [-0.2, 0) is 6.42 Å². The zero-order chi connectivity index (χ0) is 19.1. The second-order valence-corrected chi connectivity index (χ2v) is 5.64. The minimum Gasteiger partial charge on any atom is -0.489 e. The number of hydrogen-bond acceptors (Lipinski definition) is 4. The van der Waals surface area contributed by atoms with E-state index in [-0.39, 0.29) is 36.3 Å². The fourth-order valence-corrected chi connectivity index (χ4v) is 2.50. The van der Waals surface area contributed by atoms with Crippen molar-refractivity contribution >= 4 is 35.6 Å². The molecule has 0 aliphatic rings. The molecular weight excluding hydrogens is 481 g/mol. The first kappa shape index (κ1) is 21.8. The van der Waals surface area contributed by atoms with E-state index in [0.29, 0.717) is 25.5 Å². The average Bonchev–Trinajstić information content (AvgIpc) is 3.08. The third-order valence-corrected chi connectivity index (χ3v) is 3.79. The number of nitrogens with zero attached hydrogens (tertiary/aromatic N) is 4. The summed E-state index contributed by atoms with van der Waals surface area (Å²) in [7, 11) is 1.66. The predicted molar refractivity (Wildman–Crippen MR) is 113 cm³/mol. The maximum Gasteiger partial charge on any atom is 0.191 e. The Bertz CT molecular complexity index is 933. The summed E-state index contributed by atoms with van der Waals surface area (Å²) < 4.78 is 33.6. The molecule has 0 saturated carbocycles. The Kier molecular flexibility index (Phi) is 8.36. The molecule has 0 bridgehead atoms. The van der Waals surface area contributed by atoms with Gasteiger partial charge in [-0.25, -0.2) is 8.78 Å². The van der Waals surface area contributed by atoms with Crippen molar-refractivity contribution in [1.29, 1.82) is 0 Å². The van der Waals surface area contributed by atoms with Crippen molar-refractivity contribution in [2.45, 2.75) is 6.42 Å². The second kappa shape index (κ2) is 10.7. The highest BCUT2D eigenvalue weighted by Gasteiger charge is 2.06. The highest BCUT2D eigenvalue weighted by atomic mass is 127. The first-order valence-corrected chi connectivity index (χ1v) is 8.48. The molecule has 3 aromatic rings. The number of pyridine rings is 1. The summed E-state index contributed by atoms with van der Waals surface area (Å²) in [6, 6.07) is 8.95. The van der Waals surface area contributed by atoms with Gasteiger partial charge in [0.25, 0.3) is 0 Å². The van der Waals surface area contributed by atoms with Crippen LogP contribution in [0.5, 0.6) is 5.75 Å². The molecule has 0 aliphatic carbocycles. The number of aromatic nitrogens is 3. The first-order valence-electron chi connectivity index (χ1n) is 8.48. The standard InChI is InChI=1S/C18H20F2N6O.HI/c1-21-18(23-9-11-27-15-6-5-13(19)12-14(15)20)22-8-7-17-25-24-16-4-2-3-10-26(16)17;/h2-6,10,12H,7-9,11H2,1H3,(H2,21,22,23);1H. The zero-order valence-corrected chi connectivity index (χ0v) is 17.6. The van der Waals surface area contributed by atoms with Crippen LogP contribution in [0.25, 0.3) is 5.65 Å². The smallest absolute Gasteiger partial charge is 0.191 e. The molecule has 7 nitrogen and oxygen atoms in total. The van der Waals surface area contributed by atoms with Gasteiger partial charge in [0, 0.05) is 32.3 Å². The van der Waals surface area contributed by atoms with Crippen molar-refractivity contribution in [3.8, 4) is 5.75 Å². The molecule has 2 aromatic heterocycles. The molecule has 0 amide bonds. The minimum atomic E-state index is -0.724. The summed E-state index contributed by atoms with van der Waals surface area (Å²) in [5.74, 6) is 0.0941. The van der Waals surface area contributed by atoms with Gasteiger partial charge in [-0.05, 0) is 24.3 Å². The number of nitrogens with one attached hydrogen (secondary N) is 2. The van der Waals surface area contributed by atoms with Gasteiger partial charge in [-0.2, -0.15) is 0 Å². The lowest BCUT2D eigenvalue weighted by Crippen LogP contribution is -2.40. The van der Waals surface area contributed by atoms with Crippen molar-refractivity contribution in [3.63, 3.8) is 0 Å². The molecule has 0 aliphatic heterocycles. The molecule has 10 heteroatoms. The Balaban J connectivity index is 0.00000280. The van der Waals surface area contributed by atoms with Crippen LogP contribution in [0.2, 0.25) is 0 Å². The van der Waals surface area contributed by atoms with Gasteiger partial charge in [-0.3, -0.25) is 9.39 Å². The Morgan fingerprint density at radius 1 is 1.14 bits per heavy atom. The Labute approximate surface area is 178 Å². The Morgan fingerprint density at radius 2 is 1.96 bits per heavy atom. The van der Waals surface area contributed by atoms with Crippen molar-refractivity contribution in [2.24, 2.45) is 4.99 Å². The van der Waals surface area contributed by atoms with Crippen molar-refractivity contribution < 1.29 is 13.5 Å². The molecule has 0 spiro atoms. The normalized spacial score (nSPS) is 11.2. The number of guanidine groups is 1. The van der Waals surface area contributed by atoms with Gasteiger partial charge >= 0.3 is 0 Å². The molecule has 3 rings (SSSR count). The molecule has 1 aromatic carbocycles. The third kappa shape index (κ3) is 5.75. The molecule has 2 heterocycles. The maximum absolute atomic E-state index is 13.5. The lowest BCUT2D eigenvalue weighted by Gasteiger charge is -2.12. The first-order chi connectivity index (χ1) is 13.2. The molecule has 2 N–H and O–H groups in total. The quantitative estimate of drug-likeness (QED) is 0.225. The van der Waals surface area contributed by atoms with Crippen LogP contribution in [0.15, 0.2) is 47.6 Å². The van der Waals surface area contributed by atoms with E-state index < -0.39 is 11.6 Å². The number of rotatable bonds is 7. The van der Waals surface area contributed by atoms with Crippen molar-refractivity contribution in [3.05, 3.63) is 60.1 Å². The van der Waals surface area contributed by atoms with Crippen LogP contribution in [0.1, 0.15) is 5.82 Å². The number of ether oxygens (including phenoxy) is 1. The SMILES string of the molecule is CN=C(NCCOc1ccc(F)cc1F)NCCc1nnc2ccccn12.I. The Hall–Kier alpha value is -2.50.